The molecule has 0 heterocycles. The summed E-state index contributed by atoms with van der Waals surface area (Å²) >= 11 is 0. The van der Waals surface area contributed by atoms with Crippen LogP contribution in [-0.2, 0) is 0 Å². The highest BCUT2D eigenvalue weighted by Gasteiger charge is 2.13. The molecule has 0 unspecified atom stereocenters. The highest BCUT2D eigenvalue weighted by atomic mass is 16.3. The normalized spacial score (nSPS) is 10.8. The third-order valence-electron chi connectivity index (χ3n) is 12.2. The van der Waals surface area contributed by atoms with Gasteiger partial charge in [-0.3, -0.25) is 0 Å². The third-order valence-corrected chi connectivity index (χ3v) is 12.2. The van der Waals surface area contributed by atoms with Crippen molar-refractivity contribution in [2.24, 2.45) is 0 Å². The number of aliphatic hydroxyl groups is 3. The first-order valence-electron chi connectivity index (χ1n) is 21.9. The smallest absolute Gasteiger partial charge is 0.104 e. The van der Waals surface area contributed by atoms with Gasteiger partial charge in [0.05, 0.1) is 0 Å². The topological polar surface area (TPSA) is 60.7 Å². The molecule has 312 valence electrons. The van der Waals surface area contributed by atoms with Crippen molar-refractivity contribution in [2.75, 3.05) is 19.8 Å². The van der Waals surface area contributed by atoms with Crippen LogP contribution in [0.1, 0.15) is 16.7 Å². The van der Waals surface area contributed by atoms with Crippen molar-refractivity contribution in [1.29, 1.82) is 0 Å². The standard InChI is InChI=1S/C63H42O3/c64-37-7-10-46-31-34-58(61-16-4-1-13-55(46)61)49-25-19-43(20-26-49)52-40-53(44-21-27-50(28-22-44)59-35-32-47(11-8-38-65)56-14-2-5-17-62(56)59)42-54(41-52)45-23-29-51(30-24-45)60-36-33-48(12-9-39-66)57-15-3-6-18-63(57)60/h1-6,13-36,40-42,64-66H,37-39H2. The summed E-state index contributed by atoms with van der Waals surface area (Å²) in [4.78, 5) is 0. The van der Waals surface area contributed by atoms with E-state index in [1.165, 1.54) is 0 Å². The van der Waals surface area contributed by atoms with E-state index in [9.17, 15) is 15.3 Å². The second-order valence-corrected chi connectivity index (χ2v) is 16.0. The van der Waals surface area contributed by atoms with Crippen LogP contribution in [0.25, 0.3) is 99.1 Å². The first-order chi connectivity index (χ1) is 32.6. The van der Waals surface area contributed by atoms with Gasteiger partial charge < -0.3 is 15.3 Å². The predicted molar refractivity (Wildman–Crippen MR) is 273 cm³/mol. The third kappa shape index (κ3) is 8.25. The Morgan fingerprint density at radius 3 is 0.742 bits per heavy atom. The average molecular weight is 847 g/mol. The van der Waals surface area contributed by atoms with E-state index < -0.39 is 0 Å². The van der Waals surface area contributed by atoms with E-state index in [0.29, 0.717) is 0 Å². The number of aliphatic hydroxyl groups excluding tert-OH is 3. The summed E-state index contributed by atoms with van der Waals surface area (Å²) in [6.45, 7) is -0.536. The Bertz CT molecular complexity index is 3240. The Labute approximate surface area is 384 Å². The number of hydrogen-bond donors (Lipinski definition) is 3. The molecule has 0 aromatic heterocycles. The van der Waals surface area contributed by atoms with Crippen molar-refractivity contribution < 1.29 is 15.3 Å². The SMILES string of the molecule is OCC#Cc1ccc(-c2ccc(-c3cc(-c4ccc(-c5ccc(C#CCO)c6ccccc56)cc4)cc(-c4ccc(-c5ccc(C#CCO)c6ccccc56)cc4)c3)cc2)c2ccccc12. The monoisotopic (exact) mass is 846 g/mol. The van der Waals surface area contributed by atoms with Crippen LogP contribution < -0.4 is 0 Å². The van der Waals surface area contributed by atoms with Gasteiger partial charge in [0.2, 0.25) is 0 Å². The molecule has 0 amide bonds. The van der Waals surface area contributed by atoms with Crippen LogP contribution in [0.5, 0.6) is 0 Å². The molecule has 0 saturated carbocycles. The molecule has 3 nitrogen and oxygen atoms in total. The lowest BCUT2D eigenvalue weighted by Crippen LogP contribution is -1.89. The quantitative estimate of drug-likeness (QED) is 0.146. The van der Waals surface area contributed by atoms with Gasteiger partial charge >= 0.3 is 0 Å². The van der Waals surface area contributed by atoms with Crippen LogP contribution in [-0.4, -0.2) is 35.1 Å². The number of hydrogen-bond acceptors (Lipinski definition) is 3. The summed E-state index contributed by atoms with van der Waals surface area (Å²) < 4.78 is 0. The van der Waals surface area contributed by atoms with Gasteiger partial charge in [0.1, 0.15) is 19.8 Å². The fourth-order valence-electron chi connectivity index (χ4n) is 9.04. The van der Waals surface area contributed by atoms with Gasteiger partial charge in [0, 0.05) is 16.7 Å². The van der Waals surface area contributed by atoms with Gasteiger partial charge in [-0.15, -0.1) is 0 Å². The van der Waals surface area contributed by atoms with Crippen molar-refractivity contribution in [3.8, 4) is 102 Å². The van der Waals surface area contributed by atoms with Crippen molar-refractivity contribution in [2.45, 2.75) is 0 Å². The van der Waals surface area contributed by atoms with Crippen LogP contribution in [0.3, 0.4) is 0 Å². The van der Waals surface area contributed by atoms with Gasteiger partial charge in [0.25, 0.3) is 0 Å². The van der Waals surface area contributed by atoms with Crippen molar-refractivity contribution in [1.82, 2.24) is 0 Å². The highest BCUT2D eigenvalue weighted by Crippen LogP contribution is 2.39. The molecule has 0 radical (unpaired) electrons. The van der Waals surface area contributed by atoms with E-state index in [1.807, 2.05) is 36.4 Å². The Morgan fingerprint density at radius 1 is 0.242 bits per heavy atom. The summed E-state index contributed by atoms with van der Waals surface area (Å²) in [5, 5.41) is 34.6. The first kappa shape index (κ1) is 41.5. The molecule has 0 atom stereocenters. The molecule has 0 aliphatic heterocycles. The van der Waals surface area contributed by atoms with Crippen LogP contribution >= 0.6 is 0 Å². The molecule has 10 aromatic rings. The van der Waals surface area contributed by atoms with Crippen LogP contribution in [0.15, 0.2) is 200 Å². The van der Waals surface area contributed by atoms with Crippen molar-refractivity contribution in [3.63, 3.8) is 0 Å². The fourth-order valence-corrected chi connectivity index (χ4v) is 9.04. The molecule has 0 fully saturated rings. The maximum atomic E-state index is 9.35. The zero-order chi connectivity index (χ0) is 44.8. The highest BCUT2D eigenvalue weighted by molar-refractivity contribution is 6.02. The lowest BCUT2D eigenvalue weighted by molar-refractivity contribution is 0.350. The lowest BCUT2D eigenvalue weighted by atomic mass is 9.90. The van der Waals surface area contributed by atoms with E-state index in [2.05, 4.69) is 199 Å². The second-order valence-electron chi connectivity index (χ2n) is 16.0. The average Bonchev–Trinajstić information content (AvgIpc) is 3.38. The summed E-state index contributed by atoms with van der Waals surface area (Å²) in [6.07, 6.45) is 0. The Kier molecular flexibility index (Phi) is 11.8. The minimum atomic E-state index is -0.179. The maximum Gasteiger partial charge on any atom is 0.104 e. The summed E-state index contributed by atoms with van der Waals surface area (Å²) in [5.74, 6) is 17.8. The molecule has 3 heteroatoms. The molecule has 0 aliphatic rings. The minimum Gasteiger partial charge on any atom is -0.384 e. The van der Waals surface area contributed by atoms with Gasteiger partial charge in [-0.2, -0.15) is 0 Å². The van der Waals surface area contributed by atoms with Crippen LogP contribution in [0, 0.1) is 35.5 Å². The molecule has 10 aromatic carbocycles. The van der Waals surface area contributed by atoms with E-state index in [1.54, 1.807) is 0 Å². The zero-order valence-electron chi connectivity index (χ0n) is 36.0. The number of rotatable bonds is 6. The molecule has 0 bridgehead atoms. The Morgan fingerprint density at radius 2 is 0.485 bits per heavy atom. The lowest BCUT2D eigenvalue weighted by Gasteiger charge is -2.14. The molecule has 66 heavy (non-hydrogen) atoms. The van der Waals surface area contributed by atoms with Crippen molar-refractivity contribution in [3.05, 3.63) is 217 Å². The summed E-state index contributed by atoms with van der Waals surface area (Å²) in [5.41, 5.74) is 16.1. The maximum absolute atomic E-state index is 9.35. The van der Waals surface area contributed by atoms with E-state index in [0.717, 1.165) is 116 Å². The molecule has 3 N–H and O–H groups in total. The minimum absolute atomic E-state index is 0.179. The van der Waals surface area contributed by atoms with Crippen molar-refractivity contribution >= 4 is 32.3 Å². The van der Waals surface area contributed by atoms with Gasteiger partial charge in [-0.1, -0.05) is 199 Å². The van der Waals surface area contributed by atoms with E-state index in [4.69, 9.17) is 0 Å². The second kappa shape index (κ2) is 18.7. The predicted octanol–water partition coefficient (Wildman–Crippen LogP) is 13.2. The molecule has 0 spiro atoms. The number of fused-ring (bicyclic) bond motifs is 3. The van der Waals surface area contributed by atoms with Crippen LogP contribution in [0.4, 0.5) is 0 Å². The van der Waals surface area contributed by atoms with E-state index >= 15 is 0 Å². The van der Waals surface area contributed by atoms with Gasteiger partial charge in [0.15, 0.2) is 0 Å². The molecular formula is C63H42O3. The van der Waals surface area contributed by atoms with Gasteiger partial charge in [-0.05, 0) is 135 Å². The number of benzene rings is 10. The Balaban J connectivity index is 1.05. The molecule has 10 rings (SSSR count). The van der Waals surface area contributed by atoms with E-state index in [-0.39, 0.29) is 19.8 Å². The summed E-state index contributed by atoms with van der Waals surface area (Å²) in [7, 11) is 0. The Hall–Kier alpha value is -8.46. The fraction of sp³-hybridized carbons (Fsp3) is 0.0476. The first-order valence-corrected chi connectivity index (χ1v) is 21.9. The van der Waals surface area contributed by atoms with Crippen LogP contribution in [0.2, 0.25) is 0 Å². The van der Waals surface area contributed by atoms with Gasteiger partial charge in [-0.25, -0.2) is 0 Å². The summed E-state index contributed by atoms with van der Waals surface area (Å²) in [6, 6.07) is 70.6. The molecule has 0 saturated heterocycles. The molecule has 0 aliphatic carbocycles. The zero-order valence-corrected chi connectivity index (χ0v) is 36.0. The molecular weight excluding hydrogens is 805 g/mol. The largest absolute Gasteiger partial charge is 0.384 e.